The minimum Gasteiger partial charge on any atom is -0.314 e. The van der Waals surface area contributed by atoms with E-state index < -0.39 is 0 Å². The lowest BCUT2D eigenvalue weighted by Crippen LogP contribution is -2.39. The van der Waals surface area contributed by atoms with Gasteiger partial charge < -0.3 is 5.32 Å². The Labute approximate surface area is 89.7 Å². The third-order valence-electron chi connectivity index (χ3n) is 3.55. The summed E-state index contributed by atoms with van der Waals surface area (Å²) in [6, 6.07) is 0.839. The van der Waals surface area contributed by atoms with E-state index in [0.29, 0.717) is 0 Å². The molecule has 1 heteroatoms. The molecule has 0 aromatic carbocycles. The van der Waals surface area contributed by atoms with E-state index >= 15 is 0 Å². The predicted molar refractivity (Wildman–Crippen MR) is 63.6 cm³/mol. The van der Waals surface area contributed by atoms with Gasteiger partial charge in [-0.25, -0.2) is 0 Å². The fourth-order valence-electron chi connectivity index (χ4n) is 2.40. The van der Waals surface area contributed by atoms with Crippen molar-refractivity contribution in [2.24, 2.45) is 5.92 Å². The summed E-state index contributed by atoms with van der Waals surface area (Å²) >= 11 is 0. The van der Waals surface area contributed by atoms with Crippen molar-refractivity contribution in [2.45, 2.75) is 71.3 Å². The molecule has 14 heavy (non-hydrogen) atoms. The van der Waals surface area contributed by atoms with E-state index in [2.05, 4.69) is 19.2 Å². The van der Waals surface area contributed by atoms with Crippen molar-refractivity contribution in [1.82, 2.24) is 5.32 Å². The second-order valence-electron chi connectivity index (χ2n) is 4.70. The summed E-state index contributed by atoms with van der Waals surface area (Å²) in [6.45, 7) is 5.67. The molecule has 1 aliphatic carbocycles. The summed E-state index contributed by atoms with van der Waals surface area (Å²) in [5, 5.41) is 3.66. The molecule has 0 radical (unpaired) electrons. The van der Waals surface area contributed by atoms with Gasteiger partial charge in [0.2, 0.25) is 0 Å². The lowest BCUT2D eigenvalue weighted by atomic mass is 9.78. The van der Waals surface area contributed by atoms with Gasteiger partial charge in [-0.3, -0.25) is 0 Å². The summed E-state index contributed by atoms with van der Waals surface area (Å²) in [4.78, 5) is 0. The van der Waals surface area contributed by atoms with Crippen LogP contribution < -0.4 is 5.32 Å². The molecule has 1 nitrogen and oxygen atoms in total. The molecule has 0 spiro atoms. The number of rotatable bonds is 8. The zero-order chi connectivity index (χ0) is 10.2. The Morgan fingerprint density at radius 3 is 2.43 bits per heavy atom. The number of unbranched alkanes of at least 4 members (excludes halogenated alkanes) is 3. The SMILES string of the molecule is CCCCCCC(NCC)C1CCC1. The van der Waals surface area contributed by atoms with E-state index in [-0.39, 0.29) is 0 Å². The largest absolute Gasteiger partial charge is 0.314 e. The Hall–Kier alpha value is -0.0400. The molecule has 0 heterocycles. The summed E-state index contributed by atoms with van der Waals surface area (Å²) in [5.41, 5.74) is 0. The highest BCUT2D eigenvalue weighted by Crippen LogP contribution is 2.31. The summed E-state index contributed by atoms with van der Waals surface area (Å²) in [5.74, 6) is 1.01. The van der Waals surface area contributed by atoms with E-state index in [4.69, 9.17) is 0 Å². The van der Waals surface area contributed by atoms with Crippen molar-refractivity contribution in [3.63, 3.8) is 0 Å². The van der Waals surface area contributed by atoms with Gasteiger partial charge in [-0.05, 0) is 31.7 Å². The van der Waals surface area contributed by atoms with Crippen LogP contribution in [0.15, 0.2) is 0 Å². The molecule has 0 bridgehead atoms. The quantitative estimate of drug-likeness (QED) is 0.585. The van der Waals surface area contributed by atoms with Crippen LogP contribution in [0, 0.1) is 5.92 Å². The minimum atomic E-state index is 0.839. The zero-order valence-electron chi connectivity index (χ0n) is 10.0. The Morgan fingerprint density at radius 2 is 1.93 bits per heavy atom. The van der Waals surface area contributed by atoms with Gasteiger partial charge in [0.15, 0.2) is 0 Å². The van der Waals surface area contributed by atoms with Crippen molar-refractivity contribution in [2.75, 3.05) is 6.54 Å². The first kappa shape index (κ1) is 12.0. The maximum Gasteiger partial charge on any atom is 0.00952 e. The second kappa shape index (κ2) is 7.28. The van der Waals surface area contributed by atoms with Crippen molar-refractivity contribution < 1.29 is 0 Å². The van der Waals surface area contributed by atoms with Crippen LogP contribution in [-0.2, 0) is 0 Å². The van der Waals surface area contributed by atoms with E-state index in [9.17, 15) is 0 Å². The Balaban J connectivity index is 2.08. The Morgan fingerprint density at radius 1 is 1.14 bits per heavy atom. The number of hydrogen-bond acceptors (Lipinski definition) is 1. The molecule has 0 saturated heterocycles. The van der Waals surface area contributed by atoms with Crippen molar-refractivity contribution in [1.29, 1.82) is 0 Å². The first-order valence-corrected chi connectivity index (χ1v) is 6.61. The highest BCUT2D eigenvalue weighted by atomic mass is 14.9. The van der Waals surface area contributed by atoms with Gasteiger partial charge in [0.1, 0.15) is 0 Å². The van der Waals surface area contributed by atoms with Crippen molar-refractivity contribution in [3.8, 4) is 0 Å². The van der Waals surface area contributed by atoms with Gasteiger partial charge in [0, 0.05) is 6.04 Å². The minimum absolute atomic E-state index is 0.839. The van der Waals surface area contributed by atoms with Crippen LogP contribution in [0.25, 0.3) is 0 Å². The van der Waals surface area contributed by atoms with Gasteiger partial charge >= 0.3 is 0 Å². The Kier molecular flexibility index (Phi) is 6.25. The molecule has 1 fully saturated rings. The maximum atomic E-state index is 3.66. The third-order valence-corrected chi connectivity index (χ3v) is 3.55. The summed E-state index contributed by atoms with van der Waals surface area (Å²) in [7, 11) is 0. The van der Waals surface area contributed by atoms with E-state index in [1.807, 2.05) is 0 Å². The molecular weight excluding hydrogens is 170 g/mol. The fourth-order valence-corrected chi connectivity index (χ4v) is 2.40. The van der Waals surface area contributed by atoms with Crippen LogP contribution in [0.4, 0.5) is 0 Å². The smallest absolute Gasteiger partial charge is 0.00952 e. The van der Waals surface area contributed by atoms with Gasteiger partial charge in [-0.1, -0.05) is 46.0 Å². The average molecular weight is 197 g/mol. The number of nitrogens with one attached hydrogen (secondary N) is 1. The average Bonchev–Trinajstić information content (AvgIpc) is 2.10. The van der Waals surface area contributed by atoms with Crippen LogP contribution in [0.3, 0.4) is 0 Å². The predicted octanol–water partition coefficient (Wildman–Crippen LogP) is 3.74. The van der Waals surface area contributed by atoms with Gasteiger partial charge in [0.25, 0.3) is 0 Å². The third kappa shape index (κ3) is 4.00. The standard InChI is InChI=1S/C13H27N/c1-3-5-6-7-11-13(14-4-2)12-9-8-10-12/h12-14H,3-11H2,1-2H3. The zero-order valence-corrected chi connectivity index (χ0v) is 10.0. The van der Waals surface area contributed by atoms with Crippen LogP contribution in [0.2, 0.25) is 0 Å². The lowest BCUT2D eigenvalue weighted by Gasteiger charge is -2.34. The van der Waals surface area contributed by atoms with Crippen LogP contribution >= 0.6 is 0 Å². The molecule has 1 rings (SSSR count). The molecule has 1 unspecified atom stereocenters. The Bertz CT molecular complexity index is 129. The van der Waals surface area contributed by atoms with Crippen LogP contribution in [0.5, 0.6) is 0 Å². The summed E-state index contributed by atoms with van der Waals surface area (Å²) in [6.07, 6.45) is 11.5. The van der Waals surface area contributed by atoms with Gasteiger partial charge in [-0.2, -0.15) is 0 Å². The maximum absolute atomic E-state index is 3.66. The van der Waals surface area contributed by atoms with Crippen LogP contribution in [0.1, 0.15) is 65.2 Å². The molecule has 1 saturated carbocycles. The fraction of sp³-hybridized carbons (Fsp3) is 1.00. The highest BCUT2D eigenvalue weighted by molar-refractivity contribution is 4.82. The normalized spacial score (nSPS) is 19.3. The second-order valence-corrected chi connectivity index (χ2v) is 4.70. The summed E-state index contributed by atoms with van der Waals surface area (Å²) < 4.78 is 0. The molecule has 1 aliphatic rings. The van der Waals surface area contributed by atoms with Crippen molar-refractivity contribution in [3.05, 3.63) is 0 Å². The van der Waals surface area contributed by atoms with Gasteiger partial charge in [-0.15, -0.1) is 0 Å². The monoisotopic (exact) mass is 197 g/mol. The number of hydrogen-bond donors (Lipinski definition) is 1. The van der Waals surface area contributed by atoms with E-state index in [1.165, 1.54) is 51.4 Å². The van der Waals surface area contributed by atoms with Crippen molar-refractivity contribution >= 4 is 0 Å². The molecule has 1 N–H and O–H groups in total. The molecular formula is C13H27N. The topological polar surface area (TPSA) is 12.0 Å². The molecule has 0 aromatic rings. The van der Waals surface area contributed by atoms with E-state index in [1.54, 1.807) is 0 Å². The lowest BCUT2D eigenvalue weighted by molar-refractivity contribution is 0.218. The molecule has 0 amide bonds. The first-order valence-electron chi connectivity index (χ1n) is 6.61. The highest BCUT2D eigenvalue weighted by Gasteiger charge is 2.25. The molecule has 1 atom stereocenters. The molecule has 0 aromatic heterocycles. The first-order chi connectivity index (χ1) is 6.88. The van der Waals surface area contributed by atoms with Crippen LogP contribution in [-0.4, -0.2) is 12.6 Å². The molecule has 84 valence electrons. The van der Waals surface area contributed by atoms with Gasteiger partial charge in [0.05, 0.1) is 0 Å². The van der Waals surface area contributed by atoms with E-state index in [0.717, 1.165) is 18.5 Å². The molecule has 0 aliphatic heterocycles.